The summed E-state index contributed by atoms with van der Waals surface area (Å²) in [6.07, 6.45) is -0.414. The summed E-state index contributed by atoms with van der Waals surface area (Å²) in [7, 11) is 0. The van der Waals surface area contributed by atoms with Crippen LogP contribution in [-0.4, -0.2) is 42.4 Å². The first kappa shape index (κ1) is 11.2. The molecule has 0 radical (unpaired) electrons. The first-order chi connectivity index (χ1) is 5.70. The van der Waals surface area contributed by atoms with E-state index in [4.69, 9.17) is 5.11 Å². The van der Waals surface area contributed by atoms with Crippen LogP contribution in [0.5, 0.6) is 0 Å². The van der Waals surface area contributed by atoms with E-state index in [0.29, 0.717) is 6.61 Å². The Kier molecular flexibility index (Phi) is 6.47. The van der Waals surface area contributed by atoms with Crippen molar-refractivity contribution in [2.24, 2.45) is 0 Å². The summed E-state index contributed by atoms with van der Waals surface area (Å²) >= 11 is 0. The minimum absolute atomic E-state index is 0.297. The Balaban J connectivity index is 3.23. The summed E-state index contributed by atoms with van der Waals surface area (Å²) < 4.78 is 4.37. The molecule has 12 heavy (non-hydrogen) atoms. The smallest absolute Gasteiger partial charge is 0.450 e. The second-order valence-electron chi connectivity index (χ2n) is 2.49. The van der Waals surface area contributed by atoms with Gasteiger partial charge in [-0.2, -0.15) is 0 Å². The summed E-state index contributed by atoms with van der Waals surface area (Å²) in [6, 6.07) is 0. The molecule has 0 amide bonds. The fraction of sp³-hybridized carbons (Fsp3) is 0.875. The number of ether oxygens (including phenoxy) is 1. The Morgan fingerprint density at radius 2 is 2.00 bits per heavy atom. The van der Waals surface area contributed by atoms with Crippen LogP contribution in [-0.2, 0) is 4.74 Å². The highest BCUT2D eigenvalue weighted by Gasteiger charge is 1.99. The Morgan fingerprint density at radius 1 is 1.42 bits per heavy atom. The minimum Gasteiger partial charge on any atom is -0.450 e. The number of hydrogen-bond acceptors (Lipinski definition) is 3. The zero-order valence-electron chi connectivity index (χ0n) is 7.75. The minimum atomic E-state index is -1.19. The second-order valence-corrected chi connectivity index (χ2v) is 2.49. The van der Waals surface area contributed by atoms with Gasteiger partial charge in [0, 0.05) is 6.54 Å². The monoisotopic (exact) mass is 175 g/mol. The fourth-order valence-corrected chi connectivity index (χ4v) is 0.987. The highest BCUT2D eigenvalue weighted by molar-refractivity contribution is 5.56. The topological polar surface area (TPSA) is 49.8 Å². The molecular formula is C8H17NO3. The summed E-state index contributed by atoms with van der Waals surface area (Å²) in [6.45, 7) is 7.38. The third-order valence-electron chi connectivity index (χ3n) is 1.74. The lowest BCUT2D eigenvalue weighted by Gasteiger charge is -2.16. The Labute approximate surface area is 73.1 Å². The maximum absolute atomic E-state index is 9.95. The molecule has 0 fully saturated rings. The zero-order valence-corrected chi connectivity index (χ0v) is 7.75. The molecule has 0 aliphatic heterocycles. The molecule has 0 aromatic heterocycles. The molecule has 0 atom stereocenters. The van der Waals surface area contributed by atoms with E-state index in [9.17, 15) is 4.79 Å². The molecule has 72 valence electrons. The summed E-state index contributed by atoms with van der Waals surface area (Å²) in [5.74, 6) is 0. The van der Waals surface area contributed by atoms with Gasteiger partial charge in [-0.1, -0.05) is 13.8 Å². The first-order valence-electron chi connectivity index (χ1n) is 4.28. The molecule has 4 nitrogen and oxygen atoms in total. The van der Waals surface area contributed by atoms with E-state index >= 15 is 0 Å². The van der Waals surface area contributed by atoms with Gasteiger partial charge in [0.05, 0.1) is 6.61 Å². The summed E-state index contributed by atoms with van der Waals surface area (Å²) in [5, 5.41) is 8.16. The zero-order chi connectivity index (χ0) is 9.40. The number of carbonyl (C=O) groups is 1. The number of carboxylic acid groups (broad SMARTS) is 1. The van der Waals surface area contributed by atoms with Crippen LogP contribution in [0, 0.1) is 0 Å². The molecular weight excluding hydrogens is 158 g/mol. The molecule has 0 unspecified atom stereocenters. The molecule has 0 rings (SSSR count). The van der Waals surface area contributed by atoms with E-state index in [-0.39, 0.29) is 0 Å². The van der Waals surface area contributed by atoms with Gasteiger partial charge in [0.15, 0.2) is 0 Å². The molecule has 1 N–H and O–H groups in total. The van der Waals surface area contributed by atoms with Gasteiger partial charge in [0.1, 0.15) is 0 Å². The fourth-order valence-electron chi connectivity index (χ4n) is 0.987. The van der Waals surface area contributed by atoms with Crippen LogP contribution in [0.25, 0.3) is 0 Å². The molecule has 0 bridgehead atoms. The predicted octanol–water partition coefficient (Wildman–Crippen LogP) is 1.41. The molecule has 0 saturated carbocycles. The van der Waals surface area contributed by atoms with Crippen molar-refractivity contribution in [2.75, 3.05) is 26.2 Å². The lowest BCUT2D eigenvalue weighted by Crippen LogP contribution is -2.25. The van der Waals surface area contributed by atoms with Crippen molar-refractivity contribution in [3.63, 3.8) is 0 Å². The first-order valence-corrected chi connectivity index (χ1v) is 4.28. The SMILES string of the molecule is CCN(CC)CCCOC(=O)O. The van der Waals surface area contributed by atoms with Gasteiger partial charge in [0.25, 0.3) is 0 Å². The van der Waals surface area contributed by atoms with Gasteiger partial charge in [0.2, 0.25) is 0 Å². The van der Waals surface area contributed by atoms with E-state index in [1.54, 1.807) is 0 Å². The van der Waals surface area contributed by atoms with E-state index < -0.39 is 6.16 Å². The van der Waals surface area contributed by atoms with E-state index in [1.807, 2.05) is 0 Å². The average molecular weight is 175 g/mol. The van der Waals surface area contributed by atoms with Crippen molar-refractivity contribution >= 4 is 6.16 Å². The van der Waals surface area contributed by atoms with Crippen molar-refractivity contribution in [2.45, 2.75) is 20.3 Å². The van der Waals surface area contributed by atoms with Gasteiger partial charge < -0.3 is 14.7 Å². The third-order valence-corrected chi connectivity index (χ3v) is 1.74. The second kappa shape index (κ2) is 6.91. The van der Waals surface area contributed by atoms with Gasteiger partial charge in [-0.3, -0.25) is 0 Å². The molecule has 0 heterocycles. The van der Waals surface area contributed by atoms with E-state index in [2.05, 4.69) is 23.5 Å². The van der Waals surface area contributed by atoms with Crippen LogP contribution in [0.3, 0.4) is 0 Å². The normalized spacial score (nSPS) is 10.2. The van der Waals surface area contributed by atoms with Crippen molar-refractivity contribution in [3.8, 4) is 0 Å². The summed E-state index contributed by atoms with van der Waals surface area (Å²) in [4.78, 5) is 12.2. The molecule has 4 heteroatoms. The van der Waals surface area contributed by atoms with Crippen LogP contribution in [0.1, 0.15) is 20.3 Å². The molecule has 0 aromatic carbocycles. The van der Waals surface area contributed by atoms with Crippen molar-refractivity contribution in [1.29, 1.82) is 0 Å². The van der Waals surface area contributed by atoms with Gasteiger partial charge in [-0.05, 0) is 19.5 Å². The molecule has 0 spiro atoms. The van der Waals surface area contributed by atoms with Crippen molar-refractivity contribution in [3.05, 3.63) is 0 Å². The van der Waals surface area contributed by atoms with Crippen molar-refractivity contribution in [1.82, 2.24) is 4.90 Å². The van der Waals surface area contributed by atoms with Crippen LogP contribution in [0.4, 0.5) is 4.79 Å². The molecule has 0 saturated heterocycles. The Morgan fingerprint density at radius 3 is 2.42 bits per heavy atom. The maximum Gasteiger partial charge on any atom is 0.505 e. The maximum atomic E-state index is 9.95. The average Bonchev–Trinajstić information content (AvgIpc) is 2.04. The quantitative estimate of drug-likeness (QED) is 0.490. The van der Waals surface area contributed by atoms with Gasteiger partial charge in [-0.25, -0.2) is 4.79 Å². The van der Waals surface area contributed by atoms with E-state index in [1.165, 1.54) is 0 Å². The lowest BCUT2D eigenvalue weighted by atomic mass is 10.4. The number of rotatable bonds is 6. The molecule has 0 aliphatic rings. The Bertz CT molecular complexity index is 123. The van der Waals surface area contributed by atoms with Gasteiger partial charge >= 0.3 is 6.16 Å². The van der Waals surface area contributed by atoms with Crippen LogP contribution in [0.2, 0.25) is 0 Å². The van der Waals surface area contributed by atoms with Crippen LogP contribution < -0.4 is 0 Å². The van der Waals surface area contributed by atoms with Crippen LogP contribution in [0.15, 0.2) is 0 Å². The van der Waals surface area contributed by atoms with E-state index in [0.717, 1.165) is 26.1 Å². The largest absolute Gasteiger partial charge is 0.505 e. The lowest BCUT2D eigenvalue weighted by molar-refractivity contribution is 0.0875. The highest BCUT2D eigenvalue weighted by atomic mass is 16.7. The highest BCUT2D eigenvalue weighted by Crippen LogP contribution is 1.91. The van der Waals surface area contributed by atoms with Crippen molar-refractivity contribution < 1.29 is 14.6 Å². The molecule has 0 aliphatic carbocycles. The van der Waals surface area contributed by atoms with Gasteiger partial charge in [-0.15, -0.1) is 0 Å². The molecule has 0 aromatic rings. The Hall–Kier alpha value is -0.770. The number of nitrogens with zero attached hydrogens (tertiary/aromatic N) is 1. The number of hydrogen-bond donors (Lipinski definition) is 1. The predicted molar refractivity (Wildman–Crippen MR) is 46.4 cm³/mol. The van der Waals surface area contributed by atoms with Crippen LogP contribution >= 0.6 is 0 Å². The standard InChI is InChI=1S/C8H17NO3/c1-3-9(4-2)6-5-7-12-8(10)11/h3-7H2,1-2H3,(H,10,11). The summed E-state index contributed by atoms with van der Waals surface area (Å²) in [5.41, 5.74) is 0. The third kappa shape index (κ3) is 5.97.